The number of carbonyl (C=O) groups is 1. The Morgan fingerprint density at radius 3 is 2.72 bits per heavy atom. The fraction of sp³-hybridized carbons (Fsp3) is 0.542. The van der Waals surface area contributed by atoms with Crippen LogP contribution in [-0.4, -0.2) is 43.2 Å². The molecule has 0 aliphatic carbocycles. The Labute approximate surface area is 173 Å². The van der Waals surface area contributed by atoms with E-state index in [0.717, 1.165) is 51.3 Å². The summed E-state index contributed by atoms with van der Waals surface area (Å²) in [4.78, 5) is 14.6. The number of benzene rings is 1. The van der Waals surface area contributed by atoms with E-state index in [4.69, 9.17) is 9.15 Å². The highest BCUT2D eigenvalue weighted by molar-refractivity contribution is 5.75. The van der Waals surface area contributed by atoms with Gasteiger partial charge in [-0.05, 0) is 68.8 Å². The van der Waals surface area contributed by atoms with E-state index in [0.29, 0.717) is 18.9 Å². The number of rotatable bonds is 8. The van der Waals surface area contributed by atoms with Crippen LogP contribution in [0.4, 0.5) is 0 Å². The van der Waals surface area contributed by atoms with Crippen molar-refractivity contribution in [2.75, 3.05) is 26.2 Å². The van der Waals surface area contributed by atoms with Gasteiger partial charge in [0, 0.05) is 31.7 Å². The molecule has 1 N–H and O–H groups in total. The number of furan rings is 1. The zero-order valence-electron chi connectivity index (χ0n) is 17.1. The lowest BCUT2D eigenvalue weighted by Crippen LogP contribution is -2.35. The SMILES string of the molecule is O=C(CCC1CCN(Cc2ccccc2-c2ccco2)CC1)NC[C@H]1CCCO1. The summed E-state index contributed by atoms with van der Waals surface area (Å²) in [6.45, 7) is 4.65. The van der Waals surface area contributed by atoms with E-state index < -0.39 is 0 Å². The van der Waals surface area contributed by atoms with Crippen molar-refractivity contribution in [1.29, 1.82) is 0 Å². The molecule has 5 heteroatoms. The maximum absolute atomic E-state index is 12.1. The van der Waals surface area contributed by atoms with E-state index in [1.807, 2.05) is 12.1 Å². The Bertz CT molecular complexity index is 760. The van der Waals surface area contributed by atoms with Crippen LogP contribution in [0.3, 0.4) is 0 Å². The molecule has 1 amide bonds. The van der Waals surface area contributed by atoms with Crippen LogP contribution in [0.1, 0.15) is 44.1 Å². The van der Waals surface area contributed by atoms with Crippen molar-refractivity contribution in [1.82, 2.24) is 10.2 Å². The number of ether oxygens (including phenoxy) is 1. The van der Waals surface area contributed by atoms with Crippen molar-refractivity contribution < 1.29 is 13.9 Å². The zero-order valence-corrected chi connectivity index (χ0v) is 17.1. The monoisotopic (exact) mass is 396 g/mol. The Kier molecular flexibility index (Phi) is 7.01. The predicted octanol–water partition coefficient (Wildman–Crippen LogP) is 4.23. The Balaban J connectivity index is 1.19. The normalized spacial score (nSPS) is 20.8. The largest absolute Gasteiger partial charge is 0.464 e. The third-order valence-corrected chi connectivity index (χ3v) is 6.24. The lowest BCUT2D eigenvalue weighted by Gasteiger charge is -2.32. The van der Waals surface area contributed by atoms with Crippen molar-refractivity contribution in [2.45, 2.75) is 51.2 Å². The van der Waals surface area contributed by atoms with Gasteiger partial charge in [0.2, 0.25) is 5.91 Å². The zero-order chi connectivity index (χ0) is 19.9. The summed E-state index contributed by atoms with van der Waals surface area (Å²) >= 11 is 0. The van der Waals surface area contributed by atoms with E-state index in [2.05, 4.69) is 34.5 Å². The molecule has 0 unspecified atom stereocenters. The van der Waals surface area contributed by atoms with Gasteiger partial charge in [-0.1, -0.05) is 24.3 Å². The summed E-state index contributed by atoms with van der Waals surface area (Å²) < 4.78 is 11.2. The first-order chi connectivity index (χ1) is 14.3. The quantitative estimate of drug-likeness (QED) is 0.725. The molecule has 5 nitrogen and oxygen atoms in total. The molecule has 29 heavy (non-hydrogen) atoms. The molecule has 1 atom stereocenters. The van der Waals surface area contributed by atoms with Crippen molar-refractivity contribution in [3.05, 3.63) is 48.2 Å². The molecule has 2 aliphatic heterocycles. The van der Waals surface area contributed by atoms with Gasteiger partial charge in [-0.3, -0.25) is 9.69 Å². The molecule has 2 fully saturated rings. The van der Waals surface area contributed by atoms with Crippen molar-refractivity contribution in [2.24, 2.45) is 5.92 Å². The highest BCUT2D eigenvalue weighted by atomic mass is 16.5. The molecule has 0 saturated carbocycles. The first-order valence-electron chi connectivity index (χ1n) is 11.0. The third-order valence-electron chi connectivity index (χ3n) is 6.24. The van der Waals surface area contributed by atoms with Gasteiger partial charge in [0.1, 0.15) is 5.76 Å². The van der Waals surface area contributed by atoms with Gasteiger partial charge in [-0.2, -0.15) is 0 Å². The molecule has 0 radical (unpaired) electrons. The average Bonchev–Trinajstić information content (AvgIpc) is 3.46. The molecule has 3 heterocycles. The third kappa shape index (κ3) is 5.71. The first kappa shape index (κ1) is 20.2. The number of nitrogens with zero attached hydrogens (tertiary/aromatic N) is 1. The smallest absolute Gasteiger partial charge is 0.220 e. The molecule has 2 aromatic rings. The van der Waals surface area contributed by atoms with Gasteiger partial charge in [0.15, 0.2) is 0 Å². The lowest BCUT2D eigenvalue weighted by atomic mass is 9.91. The standard InChI is InChI=1S/C24H32N2O3/c27-24(25-17-21-6-3-15-28-21)10-9-19-11-13-26(14-12-19)18-20-5-1-2-7-22(20)23-8-4-16-29-23/h1-2,4-5,7-8,16,19,21H,3,6,9-15,17-18H2,(H,25,27)/t21-/m1/s1. The Hall–Kier alpha value is -2.11. The molecular weight excluding hydrogens is 364 g/mol. The van der Waals surface area contributed by atoms with Gasteiger partial charge in [-0.15, -0.1) is 0 Å². The summed E-state index contributed by atoms with van der Waals surface area (Å²) in [5.41, 5.74) is 2.50. The Morgan fingerprint density at radius 2 is 1.97 bits per heavy atom. The van der Waals surface area contributed by atoms with E-state index in [1.165, 1.54) is 24.0 Å². The van der Waals surface area contributed by atoms with Crippen molar-refractivity contribution in [3.63, 3.8) is 0 Å². The van der Waals surface area contributed by atoms with Crippen LogP contribution in [0.15, 0.2) is 47.1 Å². The number of piperidine rings is 1. The van der Waals surface area contributed by atoms with Gasteiger partial charge in [0.25, 0.3) is 0 Å². The number of amides is 1. The second-order valence-electron chi connectivity index (χ2n) is 8.33. The van der Waals surface area contributed by atoms with E-state index >= 15 is 0 Å². The minimum Gasteiger partial charge on any atom is -0.464 e. The molecule has 1 aromatic heterocycles. The van der Waals surface area contributed by atoms with Crippen LogP contribution in [0.2, 0.25) is 0 Å². The van der Waals surface area contributed by atoms with Crippen LogP contribution in [0, 0.1) is 5.92 Å². The molecule has 156 valence electrons. The second-order valence-corrected chi connectivity index (χ2v) is 8.33. The average molecular weight is 397 g/mol. The second kappa shape index (κ2) is 10.1. The minimum atomic E-state index is 0.176. The Morgan fingerprint density at radius 1 is 1.10 bits per heavy atom. The van der Waals surface area contributed by atoms with Crippen LogP contribution in [0.5, 0.6) is 0 Å². The highest BCUT2D eigenvalue weighted by Crippen LogP contribution is 2.28. The summed E-state index contributed by atoms with van der Waals surface area (Å²) in [6, 6.07) is 12.5. The van der Waals surface area contributed by atoms with Crippen molar-refractivity contribution >= 4 is 5.91 Å². The molecule has 4 rings (SSSR count). The van der Waals surface area contributed by atoms with Gasteiger partial charge < -0.3 is 14.5 Å². The van der Waals surface area contributed by atoms with Crippen LogP contribution >= 0.6 is 0 Å². The molecule has 1 aromatic carbocycles. The number of hydrogen-bond donors (Lipinski definition) is 1. The molecular formula is C24H32N2O3. The summed E-state index contributed by atoms with van der Waals surface area (Å²) in [5.74, 6) is 1.76. The number of carbonyl (C=O) groups excluding carboxylic acids is 1. The summed E-state index contributed by atoms with van der Waals surface area (Å²) in [5, 5.41) is 3.04. The number of likely N-dealkylation sites (tertiary alicyclic amines) is 1. The number of hydrogen-bond acceptors (Lipinski definition) is 4. The van der Waals surface area contributed by atoms with Gasteiger partial charge in [-0.25, -0.2) is 0 Å². The van der Waals surface area contributed by atoms with Crippen LogP contribution in [0.25, 0.3) is 11.3 Å². The summed E-state index contributed by atoms with van der Waals surface area (Å²) in [6.07, 6.45) is 8.12. The molecule has 2 aliphatic rings. The molecule has 0 spiro atoms. The van der Waals surface area contributed by atoms with E-state index in [9.17, 15) is 4.79 Å². The molecule has 2 saturated heterocycles. The van der Waals surface area contributed by atoms with Crippen molar-refractivity contribution in [3.8, 4) is 11.3 Å². The lowest BCUT2D eigenvalue weighted by molar-refractivity contribution is -0.122. The summed E-state index contributed by atoms with van der Waals surface area (Å²) in [7, 11) is 0. The fourth-order valence-electron chi connectivity index (χ4n) is 4.46. The van der Waals surface area contributed by atoms with E-state index in [-0.39, 0.29) is 12.0 Å². The van der Waals surface area contributed by atoms with Crippen LogP contribution < -0.4 is 5.32 Å². The maximum Gasteiger partial charge on any atom is 0.220 e. The highest BCUT2D eigenvalue weighted by Gasteiger charge is 2.22. The fourth-order valence-corrected chi connectivity index (χ4v) is 4.46. The minimum absolute atomic E-state index is 0.176. The first-order valence-corrected chi connectivity index (χ1v) is 11.0. The van der Waals surface area contributed by atoms with Crippen LogP contribution in [-0.2, 0) is 16.1 Å². The van der Waals surface area contributed by atoms with Gasteiger partial charge in [0.05, 0.1) is 12.4 Å². The number of nitrogens with one attached hydrogen (secondary N) is 1. The van der Waals surface area contributed by atoms with Gasteiger partial charge >= 0.3 is 0 Å². The molecule has 0 bridgehead atoms. The predicted molar refractivity (Wildman–Crippen MR) is 113 cm³/mol. The maximum atomic E-state index is 12.1. The topological polar surface area (TPSA) is 54.7 Å². The van der Waals surface area contributed by atoms with E-state index in [1.54, 1.807) is 6.26 Å².